The van der Waals surface area contributed by atoms with Crippen molar-refractivity contribution in [1.82, 2.24) is 0 Å². The first-order valence-electron chi connectivity index (χ1n) is 4.49. The Bertz CT molecular complexity index is 235. The van der Waals surface area contributed by atoms with E-state index in [9.17, 15) is 15.3 Å². The lowest BCUT2D eigenvalue weighted by molar-refractivity contribution is -0.283. The highest BCUT2D eigenvalue weighted by atomic mass is 16.7. The van der Waals surface area contributed by atoms with Gasteiger partial charge >= 0.3 is 0 Å². The molecule has 0 radical (unpaired) electrons. The van der Waals surface area contributed by atoms with Crippen LogP contribution in [0.4, 0.5) is 0 Å². The zero-order valence-corrected chi connectivity index (χ0v) is 8.20. The third-order valence-electron chi connectivity index (χ3n) is 2.16. The lowest BCUT2D eigenvalue weighted by atomic mass is 9.99. The van der Waals surface area contributed by atoms with E-state index in [4.69, 9.17) is 20.0 Å². The van der Waals surface area contributed by atoms with E-state index in [1.54, 1.807) is 0 Å². The molecule has 0 amide bonds. The van der Waals surface area contributed by atoms with Crippen LogP contribution in [0, 0.1) is 5.41 Å². The molecule has 1 heterocycles. The molecule has 0 saturated carbocycles. The number of rotatable bonds is 2. The molecule has 5 N–H and O–H groups in total. The standard InChI is InChI=1S/C8H15NO6/c1-3(9)14-7-6(12)5(11)4(2-10)15-8(7)13/h4-13H,2H2,1H3. The minimum Gasteiger partial charge on any atom is -0.470 e. The Balaban J connectivity index is 2.70. The number of nitrogens with one attached hydrogen (secondary N) is 1. The molecule has 5 atom stereocenters. The maximum atomic E-state index is 9.54. The summed E-state index contributed by atoms with van der Waals surface area (Å²) in [6, 6.07) is 0. The van der Waals surface area contributed by atoms with Crippen LogP contribution in [0.1, 0.15) is 6.92 Å². The molecule has 88 valence electrons. The van der Waals surface area contributed by atoms with Gasteiger partial charge in [-0.15, -0.1) is 0 Å². The van der Waals surface area contributed by atoms with Crippen LogP contribution in [0.15, 0.2) is 0 Å². The van der Waals surface area contributed by atoms with Gasteiger partial charge in [0.05, 0.1) is 6.61 Å². The zero-order chi connectivity index (χ0) is 11.6. The van der Waals surface area contributed by atoms with Crippen LogP contribution in [0.2, 0.25) is 0 Å². The largest absolute Gasteiger partial charge is 0.470 e. The Hall–Kier alpha value is -0.730. The molecule has 15 heavy (non-hydrogen) atoms. The summed E-state index contributed by atoms with van der Waals surface area (Å²) < 4.78 is 9.60. The second-order valence-electron chi connectivity index (χ2n) is 3.37. The Morgan fingerprint density at radius 3 is 2.40 bits per heavy atom. The van der Waals surface area contributed by atoms with Crippen molar-refractivity contribution in [3.63, 3.8) is 0 Å². The third-order valence-corrected chi connectivity index (χ3v) is 2.16. The fourth-order valence-electron chi connectivity index (χ4n) is 1.40. The first kappa shape index (κ1) is 12.3. The van der Waals surface area contributed by atoms with Crippen LogP contribution in [0.5, 0.6) is 0 Å². The summed E-state index contributed by atoms with van der Waals surface area (Å²) in [6.45, 7) is 0.801. The molecule has 0 aromatic rings. The van der Waals surface area contributed by atoms with Crippen molar-refractivity contribution in [3.8, 4) is 0 Å². The molecule has 0 aromatic heterocycles. The molecule has 7 nitrogen and oxygen atoms in total. The Morgan fingerprint density at radius 2 is 1.93 bits per heavy atom. The summed E-state index contributed by atoms with van der Waals surface area (Å²) in [6.07, 6.45) is -6.53. The number of aliphatic hydroxyl groups is 4. The Labute approximate surface area is 86.4 Å². The molecule has 0 aromatic carbocycles. The van der Waals surface area contributed by atoms with Crippen LogP contribution < -0.4 is 0 Å². The molecule has 1 saturated heterocycles. The van der Waals surface area contributed by atoms with Gasteiger partial charge in [-0.1, -0.05) is 0 Å². The molecular formula is C8H15NO6. The van der Waals surface area contributed by atoms with Crippen LogP contribution in [0.25, 0.3) is 0 Å². The van der Waals surface area contributed by atoms with Crippen LogP contribution in [0.3, 0.4) is 0 Å². The molecule has 7 heteroatoms. The van der Waals surface area contributed by atoms with Crippen molar-refractivity contribution in [3.05, 3.63) is 0 Å². The highest BCUT2D eigenvalue weighted by Gasteiger charge is 2.45. The minimum absolute atomic E-state index is 0.212. The third kappa shape index (κ3) is 2.64. The second kappa shape index (κ2) is 4.86. The van der Waals surface area contributed by atoms with E-state index in [0.29, 0.717) is 0 Å². The molecule has 1 aliphatic rings. The summed E-state index contributed by atoms with van der Waals surface area (Å²) in [7, 11) is 0. The topological polar surface area (TPSA) is 123 Å². The highest BCUT2D eigenvalue weighted by molar-refractivity contribution is 5.69. The van der Waals surface area contributed by atoms with Crippen LogP contribution in [-0.2, 0) is 9.47 Å². The maximum absolute atomic E-state index is 9.54. The summed E-state index contributed by atoms with van der Waals surface area (Å²) in [4.78, 5) is 0. The maximum Gasteiger partial charge on any atom is 0.195 e. The van der Waals surface area contributed by atoms with Crippen molar-refractivity contribution in [2.75, 3.05) is 6.61 Å². The number of ether oxygens (including phenoxy) is 2. The number of hydrogen-bond donors (Lipinski definition) is 5. The van der Waals surface area contributed by atoms with Crippen molar-refractivity contribution in [2.24, 2.45) is 0 Å². The fourth-order valence-corrected chi connectivity index (χ4v) is 1.40. The van der Waals surface area contributed by atoms with Gasteiger partial charge in [0.1, 0.15) is 18.3 Å². The summed E-state index contributed by atoms with van der Waals surface area (Å²) in [5.41, 5.74) is 0. The zero-order valence-electron chi connectivity index (χ0n) is 8.20. The average molecular weight is 221 g/mol. The van der Waals surface area contributed by atoms with E-state index in [-0.39, 0.29) is 5.90 Å². The average Bonchev–Trinajstić information content (AvgIpc) is 2.18. The van der Waals surface area contributed by atoms with Gasteiger partial charge in [-0.05, 0) is 0 Å². The van der Waals surface area contributed by atoms with E-state index in [1.165, 1.54) is 6.92 Å². The number of hydrogen-bond acceptors (Lipinski definition) is 7. The smallest absolute Gasteiger partial charge is 0.195 e. The van der Waals surface area contributed by atoms with Gasteiger partial charge in [0.2, 0.25) is 0 Å². The summed E-state index contributed by atoms with van der Waals surface area (Å²) in [5.74, 6) is -0.212. The predicted molar refractivity (Wildman–Crippen MR) is 48.3 cm³/mol. The van der Waals surface area contributed by atoms with E-state index in [2.05, 4.69) is 0 Å². The monoisotopic (exact) mass is 221 g/mol. The van der Waals surface area contributed by atoms with E-state index in [0.717, 1.165) is 0 Å². The molecular weight excluding hydrogens is 206 g/mol. The number of aliphatic hydroxyl groups excluding tert-OH is 4. The second-order valence-corrected chi connectivity index (χ2v) is 3.37. The van der Waals surface area contributed by atoms with Gasteiger partial charge in [-0.2, -0.15) is 0 Å². The van der Waals surface area contributed by atoms with Gasteiger partial charge in [-0.25, -0.2) is 0 Å². The van der Waals surface area contributed by atoms with Gasteiger partial charge in [0.15, 0.2) is 18.3 Å². The van der Waals surface area contributed by atoms with Crippen molar-refractivity contribution in [1.29, 1.82) is 5.41 Å². The first-order chi connectivity index (χ1) is 6.97. The van der Waals surface area contributed by atoms with E-state index >= 15 is 0 Å². The van der Waals surface area contributed by atoms with Crippen molar-refractivity contribution >= 4 is 5.90 Å². The molecule has 0 spiro atoms. The molecule has 0 aliphatic carbocycles. The predicted octanol–water partition coefficient (Wildman–Crippen LogP) is -2.20. The molecule has 1 fully saturated rings. The lowest BCUT2D eigenvalue weighted by Gasteiger charge is -2.39. The fraction of sp³-hybridized carbons (Fsp3) is 0.875. The summed E-state index contributed by atoms with van der Waals surface area (Å²) in [5, 5.41) is 44.2. The SMILES string of the molecule is CC(=N)OC1C(O)OC(CO)C(O)C1O. The minimum atomic E-state index is -1.49. The van der Waals surface area contributed by atoms with Gasteiger partial charge in [0.25, 0.3) is 0 Å². The van der Waals surface area contributed by atoms with Gasteiger partial charge in [-0.3, -0.25) is 5.41 Å². The summed E-state index contributed by atoms with van der Waals surface area (Å²) >= 11 is 0. The molecule has 0 bridgehead atoms. The van der Waals surface area contributed by atoms with E-state index in [1.807, 2.05) is 0 Å². The normalized spacial score (nSPS) is 41.3. The molecule has 1 rings (SSSR count). The Kier molecular flexibility index (Phi) is 4.00. The van der Waals surface area contributed by atoms with Crippen molar-refractivity contribution in [2.45, 2.75) is 37.6 Å². The van der Waals surface area contributed by atoms with Crippen LogP contribution in [-0.4, -0.2) is 63.6 Å². The molecule has 1 aliphatic heterocycles. The quantitative estimate of drug-likeness (QED) is 0.266. The van der Waals surface area contributed by atoms with Crippen LogP contribution >= 0.6 is 0 Å². The van der Waals surface area contributed by atoms with Crippen molar-refractivity contribution < 1.29 is 29.9 Å². The highest BCUT2D eigenvalue weighted by Crippen LogP contribution is 2.22. The Morgan fingerprint density at radius 1 is 1.33 bits per heavy atom. The van der Waals surface area contributed by atoms with Gasteiger partial charge in [0, 0.05) is 6.92 Å². The van der Waals surface area contributed by atoms with Gasteiger partial charge < -0.3 is 29.9 Å². The van der Waals surface area contributed by atoms with E-state index < -0.39 is 37.3 Å². The lowest BCUT2D eigenvalue weighted by Crippen LogP contribution is -2.59. The first-order valence-corrected chi connectivity index (χ1v) is 4.49. The molecule has 5 unspecified atom stereocenters.